The van der Waals surface area contributed by atoms with Crippen LogP contribution in [-0.4, -0.2) is 25.2 Å². The van der Waals surface area contributed by atoms with Gasteiger partial charge in [0.25, 0.3) is 0 Å². The molecule has 0 saturated heterocycles. The van der Waals surface area contributed by atoms with E-state index in [1.165, 1.54) is 10.9 Å². The van der Waals surface area contributed by atoms with E-state index in [4.69, 9.17) is 11.6 Å². The summed E-state index contributed by atoms with van der Waals surface area (Å²) in [7, 11) is -1.32. The van der Waals surface area contributed by atoms with E-state index in [1.54, 1.807) is 6.07 Å². The van der Waals surface area contributed by atoms with Gasteiger partial charge < -0.3 is 0 Å². The number of halogens is 2. The SMILES string of the molecule is C[S@](=O)c1nc2n(n1)[C@H](c1ccccc1Cl)C[C@@H]2F. The first-order valence-corrected chi connectivity index (χ1v) is 7.70. The molecule has 19 heavy (non-hydrogen) atoms. The maximum atomic E-state index is 14.0. The van der Waals surface area contributed by atoms with Gasteiger partial charge in [-0.1, -0.05) is 29.8 Å². The molecule has 7 heteroatoms. The molecule has 1 aromatic carbocycles. The van der Waals surface area contributed by atoms with Crippen molar-refractivity contribution in [3.8, 4) is 0 Å². The van der Waals surface area contributed by atoms with E-state index < -0.39 is 17.0 Å². The van der Waals surface area contributed by atoms with Crippen molar-refractivity contribution in [3.05, 3.63) is 40.7 Å². The zero-order chi connectivity index (χ0) is 13.6. The lowest BCUT2D eigenvalue weighted by Crippen LogP contribution is -2.08. The first-order valence-electron chi connectivity index (χ1n) is 5.76. The maximum absolute atomic E-state index is 14.0. The molecule has 0 radical (unpaired) electrons. The Balaban J connectivity index is 2.09. The summed E-state index contributed by atoms with van der Waals surface area (Å²) in [4.78, 5) is 4.01. The fourth-order valence-electron chi connectivity index (χ4n) is 2.28. The minimum Gasteiger partial charge on any atom is -0.251 e. The molecule has 1 aromatic heterocycles. The normalized spacial score (nSPS) is 23.3. The fraction of sp³-hybridized carbons (Fsp3) is 0.333. The number of aromatic nitrogens is 3. The zero-order valence-corrected chi connectivity index (χ0v) is 11.7. The van der Waals surface area contributed by atoms with Crippen molar-refractivity contribution in [1.29, 1.82) is 0 Å². The Bertz CT molecular complexity index is 660. The van der Waals surface area contributed by atoms with E-state index in [1.807, 2.05) is 18.2 Å². The molecular weight excluding hydrogens is 289 g/mol. The van der Waals surface area contributed by atoms with Crippen molar-refractivity contribution >= 4 is 22.4 Å². The van der Waals surface area contributed by atoms with Gasteiger partial charge in [0.2, 0.25) is 5.16 Å². The summed E-state index contributed by atoms with van der Waals surface area (Å²) in [5, 5.41) is 4.88. The third-order valence-electron chi connectivity index (χ3n) is 3.17. The molecule has 2 aromatic rings. The third-order valence-corrected chi connectivity index (χ3v) is 4.20. The lowest BCUT2D eigenvalue weighted by molar-refractivity contribution is 0.327. The summed E-state index contributed by atoms with van der Waals surface area (Å²) in [6.07, 6.45) is 0.532. The Labute approximate surface area is 117 Å². The molecule has 100 valence electrons. The monoisotopic (exact) mass is 299 g/mol. The average Bonchev–Trinajstić information content (AvgIpc) is 2.92. The summed E-state index contributed by atoms with van der Waals surface area (Å²) in [5.74, 6) is 0.232. The number of hydrogen-bond acceptors (Lipinski definition) is 3. The highest BCUT2D eigenvalue weighted by atomic mass is 35.5. The Morgan fingerprint density at radius 2 is 2.21 bits per heavy atom. The highest BCUT2D eigenvalue weighted by molar-refractivity contribution is 7.84. The van der Waals surface area contributed by atoms with Crippen LogP contribution in [0.15, 0.2) is 29.4 Å². The van der Waals surface area contributed by atoms with E-state index in [-0.39, 0.29) is 23.4 Å². The van der Waals surface area contributed by atoms with E-state index in [0.29, 0.717) is 5.02 Å². The van der Waals surface area contributed by atoms with Gasteiger partial charge in [-0.2, -0.15) is 0 Å². The molecule has 0 aliphatic carbocycles. The quantitative estimate of drug-likeness (QED) is 0.856. The number of rotatable bonds is 2. The van der Waals surface area contributed by atoms with Crippen molar-refractivity contribution < 1.29 is 8.60 Å². The maximum Gasteiger partial charge on any atom is 0.238 e. The van der Waals surface area contributed by atoms with E-state index >= 15 is 0 Å². The minimum atomic E-state index is -1.32. The Hall–Kier alpha value is -1.27. The van der Waals surface area contributed by atoms with Crippen LogP contribution >= 0.6 is 11.6 Å². The highest BCUT2D eigenvalue weighted by Gasteiger charge is 2.36. The zero-order valence-electron chi connectivity index (χ0n) is 10.1. The second-order valence-electron chi connectivity index (χ2n) is 4.39. The van der Waals surface area contributed by atoms with Crippen LogP contribution in [0.3, 0.4) is 0 Å². The van der Waals surface area contributed by atoms with Gasteiger partial charge in [-0.05, 0) is 11.6 Å². The molecule has 3 atom stereocenters. The molecule has 0 saturated carbocycles. The summed E-state index contributed by atoms with van der Waals surface area (Å²) < 4.78 is 26.9. The van der Waals surface area contributed by atoms with Crippen LogP contribution < -0.4 is 0 Å². The standard InChI is InChI=1S/C12H11ClFN3OS/c1-19(18)12-15-11-9(14)6-10(17(11)16-12)7-4-2-3-5-8(7)13/h2-5,9-10H,6H2,1H3/t9-,10-,19-/m0/s1. The molecule has 0 N–H and O–H groups in total. The Morgan fingerprint density at radius 3 is 2.89 bits per heavy atom. The molecule has 0 bridgehead atoms. The first kappa shape index (κ1) is 12.7. The highest BCUT2D eigenvalue weighted by Crippen LogP contribution is 2.41. The van der Waals surface area contributed by atoms with Crippen LogP contribution in [0.1, 0.15) is 30.0 Å². The van der Waals surface area contributed by atoms with Gasteiger partial charge in [-0.15, -0.1) is 5.10 Å². The van der Waals surface area contributed by atoms with Gasteiger partial charge in [-0.25, -0.2) is 14.1 Å². The molecule has 1 aliphatic heterocycles. The topological polar surface area (TPSA) is 47.8 Å². The third kappa shape index (κ3) is 2.08. The summed E-state index contributed by atoms with van der Waals surface area (Å²) in [6, 6.07) is 6.99. The number of fused-ring (bicyclic) bond motifs is 1. The lowest BCUT2D eigenvalue weighted by Gasteiger charge is -2.13. The predicted octanol–water partition coefficient (Wildman–Crippen LogP) is 2.67. The summed E-state index contributed by atoms with van der Waals surface area (Å²) >= 11 is 6.14. The molecule has 3 rings (SSSR count). The van der Waals surface area contributed by atoms with Crippen molar-refractivity contribution in [2.45, 2.75) is 23.8 Å². The number of nitrogens with zero attached hydrogens (tertiary/aromatic N) is 3. The predicted molar refractivity (Wildman–Crippen MR) is 70.4 cm³/mol. The smallest absolute Gasteiger partial charge is 0.238 e. The average molecular weight is 300 g/mol. The molecular formula is C12H11ClFN3OS. The summed E-state index contributed by atoms with van der Waals surface area (Å²) in [6.45, 7) is 0. The van der Waals surface area contributed by atoms with E-state index in [9.17, 15) is 8.60 Å². The second kappa shape index (κ2) is 4.68. The molecule has 0 unspecified atom stereocenters. The molecule has 4 nitrogen and oxygen atoms in total. The van der Waals surface area contributed by atoms with Crippen LogP contribution in [0.25, 0.3) is 0 Å². The van der Waals surface area contributed by atoms with Gasteiger partial charge in [0.15, 0.2) is 12.0 Å². The van der Waals surface area contributed by atoms with E-state index in [0.717, 1.165) is 5.56 Å². The molecule has 0 fully saturated rings. The van der Waals surface area contributed by atoms with Gasteiger partial charge in [-0.3, -0.25) is 4.21 Å². The second-order valence-corrected chi connectivity index (χ2v) is 6.07. The van der Waals surface area contributed by atoms with Crippen LogP contribution in [0, 0.1) is 0 Å². The van der Waals surface area contributed by atoms with Crippen LogP contribution in [0.2, 0.25) is 5.02 Å². The van der Waals surface area contributed by atoms with Crippen molar-refractivity contribution in [3.63, 3.8) is 0 Å². The van der Waals surface area contributed by atoms with Crippen LogP contribution in [-0.2, 0) is 10.8 Å². The van der Waals surface area contributed by atoms with Crippen LogP contribution in [0.4, 0.5) is 4.39 Å². The number of hydrogen-bond donors (Lipinski definition) is 0. The van der Waals surface area contributed by atoms with Crippen molar-refractivity contribution in [2.75, 3.05) is 6.26 Å². The largest absolute Gasteiger partial charge is 0.251 e. The Morgan fingerprint density at radius 1 is 1.47 bits per heavy atom. The van der Waals surface area contributed by atoms with Gasteiger partial charge in [0.1, 0.15) is 0 Å². The summed E-state index contributed by atoms with van der Waals surface area (Å²) in [5.41, 5.74) is 0.809. The molecule has 1 aliphatic rings. The van der Waals surface area contributed by atoms with Gasteiger partial charge >= 0.3 is 0 Å². The van der Waals surface area contributed by atoms with Crippen molar-refractivity contribution in [1.82, 2.24) is 14.8 Å². The Kier molecular flexibility index (Phi) is 3.14. The van der Waals surface area contributed by atoms with Gasteiger partial charge in [0.05, 0.1) is 16.8 Å². The number of benzene rings is 1. The fourth-order valence-corrected chi connectivity index (χ4v) is 2.97. The first-order chi connectivity index (χ1) is 9.08. The lowest BCUT2D eigenvalue weighted by atomic mass is 10.0. The van der Waals surface area contributed by atoms with Crippen LogP contribution in [0.5, 0.6) is 0 Å². The molecule has 2 heterocycles. The molecule has 0 spiro atoms. The van der Waals surface area contributed by atoms with Gasteiger partial charge in [0, 0.05) is 17.7 Å². The minimum absolute atomic E-state index is 0.161. The number of alkyl halides is 1. The van der Waals surface area contributed by atoms with E-state index in [2.05, 4.69) is 10.1 Å². The van der Waals surface area contributed by atoms with Crippen molar-refractivity contribution in [2.24, 2.45) is 0 Å². The molecule has 0 amide bonds.